The number of nitrogens with one attached hydrogen (secondary N) is 1. The van der Waals surface area contributed by atoms with Crippen molar-refractivity contribution in [3.05, 3.63) is 42.1 Å². The van der Waals surface area contributed by atoms with E-state index >= 15 is 0 Å². The molecule has 0 aliphatic carbocycles. The Hall–Kier alpha value is -2.98. The topological polar surface area (TPSA) is 94.4 Å². The highest BCUT2D eigenvalue weighted by molar-refractivity contribution is 5.98. The minimum Gasteiger partial charge on any atom is -0.507 e. The number of phenols is 1. The van der Waals surface area contributed by atoms with E-state index in [0.29, 0.717) is 29.3 Å². The van der Waals surface area contributed by atoms with E-state index in [1.807, 2.05) is 0 Å². The number of benzene rings is 1. The molecule has 164 valence electrons. The molecule has 1 aliphatic rings. The van der Waals surface area contributed by atoms with Crippen molar-refractivity contribution in [2.75, 3.05) is 31.6 Å². The van der Waals surface area contributed by atoms with Crippen molar-refractivity contribution in [2.24, 2.45) is 0 Å². The summed E-state index contributed by atoms with van der Waals surface area (Å²) in [6.45, 7) is 2.38. The molecule has 7 nitrogen and oxygen atoms in total. The molecule has 0 spiro atoms. The predicted molar refractivity (Wildman–Crippen MR) is 110 cm³/mol. The average Bonchev–Trinajstić information content (AvgIpc) is 2.74. The first kappa shape index (κ1) is 21.3. The predicted octanol–water partition coefficient (Wildman–Crippen LogP) is 3.28. The second kappa shape index (κ2) is 8.64. The molecule has 1 atom stereocenters. The third-order valence-corrected chi connectivity index (χ3v) is 5.38. The zero-order chi connectivity index (χ0) is 22.0. The van der Waals surface area contributed by atoms with Crippen molar-refractivity contribution >= 4 is 16.7 Å². The van der Waals surface area contributed by atoms with Gasteiger partial charge in [-0.05, 0) is 49.7 Å². The Bertz CT molecular complexity index is 1070. The van der Waals surface area contributed by atoms with Gasteiger partial charge in [0.2, 0.25) is 0 Å². The zero-order valence-electron chi connectivity index (χ0n) is 16.6. The molecule has 0 saturated carbocycles. The third-order valence-electron chi connectivity index (χ3n) is 5.38. The van der Waals surface area contributed by atoms with Gasteiger partial charge in [0.25, 0.3) is 0 Å². The summed E-state index contributed by atoms with van der Waals surface area (Å²) in [6.07, 6.45) is -1.04. The number of halogens is 3. The maximum atomic E-state index is 12.9. The highest BCUT2D eigenvalue weighted by Gasteiger charge is 2.31. The molecule has 31 heavy (non-hydrogen) atoms. The van der Waals surface area contributed by atoms with Gasteiger partial charge < -0.3 is 15.5 Å². The van der Waals surface area contributed by atoms with E-state index in [9.17, 15) is 23.4 Å². The minimum absolute atomic E-state index is 0.0995. The number of fused-ring (bicyclic) bond motifs is 1. The number of hydrogen-bond acceptors (Lipinski definition) is 7. The SMILES string of the molecule is OCCN1CCC[C@@H](Nc2nnc(-c3ccc(C(F)(F)F)cc3O)c3cccnc23)C1. The molecule has 1 aliphatic heterocycles. The number of β-amino-alcohol motifs (C(OH)–C–C–N with tert-alkyl or cyclic N) is 1. The van der Waals surface area contributed by atoms with Crippen LogP contribution in [0.1, 0.15) is 18.4 Å². The summed E-state index contributed by atoms with van der Waals surface area (Å²) in [4.78, 5) is 6.56. The third kappa shape index (κ3) is 4.54. The van der Waals surface area contributed by atoms with Crippen LogP contribution < -0.4 is 5.32 Å². The maximum Gasteiger partial charge on any atom is 0.416 e. The van der Waals surface area contributed by atoms with Gasteiger partial charge in [0.05, 0.1) is 12.2 Å². The largest absolute Gasteiger partial charge is 0.507 e. The lowest BCUT2D eigenvalue weighted by Crippen LogP contribution is -2.43. The maximum absolute atomic E-state index is 12.9. The number of aromatic nitrogens is 3. The molecule has 3 heterocycles. The summed E-state index contributed by atoms with van der Waals surface area (Å²) in [5, 5.41) is 31.8. The molecule has 1 saturated heterocycles. The van der Waals surface area contributed by atoms with Crippen LogP contribution in [-0.4, -0.2) is 62.6 Å². The summed E-state index contributed by atoms with van der Waals surface area (Å²) >= 11 is 0. The Morgan fingerprint density at radius 1 is 1.19 bits per heavy atom. The number of pyridine rings is 1. The number of phenolic OH excluding ortho intramolecular Hbond substituents is 1. The van der Waals surface area contributed by atoms with Crippen LogP contribution in [0, 0.1) is 0 Å². The Balaban J connectivity index is 1.68. The van der Waals surface area contributed by atoms with Gasteiger partial charge in [0.15, 0.2) is 5.82 Å². The molecule has 1 fully saturated rings. The van der Waals surface area contributed by atoms with Crippen LogP contribution in [0.4, 0.5) is 19.0 Å². The first-order chi connectivity index (χ1) is 14.9. The number of anilines is 1. The molecule has 0 amide bonds. The van der Waals surface area contributed by atoms with Crippen LogP contribution in [0.5, 0.6) is 5.75 Å². The number of aromatic hydroxyl groups is 1. The van der Waals surface area contributed by atoms with Gasteiger partial charge in [-0.25, -0.2) is 0 Å². The van der Waals surface area contributed by atoms with Gasteiger partial charge in [-0.2, -0.15) is 13.2 Å². The number of likely N-dealkylation sites (tertiary alicyclic amines) is 1. The molecule has 3 N–H and O–H groups in total. The van der Waals surface area contributed by atoms with Gasteiger partial charge in [-0.3, -0.25) is 9.88 Å². The fraction of sp³-hybridized carbons (Fsp3) is 0.381. The van der Waals surface area contributed by atoms with Crippen LogP contribution in [0.15, 0.2) is 36.5 Å². The van der Waals surface area contributed by atoms with Crippen molar-refractivity contribution < 1.29 is 23.4 Å². The second-order valence-corrected chi connectivity index (χ2v) is 7.53. The van der Waals surface area contributed by atoms with E-state index in [-0.39, 0.29) is 23.9 Å². The molecule has 0 radical (unpaired) electrons. The molecule has 0 bridgehead atoms. The summed E-state index contributed by atoms with van der Waals surface area (Å²) in [6, 6.07) is 6.32. The molecular weight excluding hydrogens is 411 g/mol. The van der Waals surface area contributed by atoms with Crippen molar-refractivity contribution in [2.45, 2.75) is 25.1 Å². The fourth-order valence-corrected chi connectivity index (χ4v) is 3.90. The van der Waals surface area contributed by atoms with E-state index < -0.39 is 17.5 Å². The van der Waals surface area contributed by atoms with Crippen LogP contribution in [0.25, 0.3) is 22.2 Å². The smallest absolute Gasteiger partial charge is 0.416 e. The average molecular weight is 433 g/mol. The van der Waals surface area contributed by atoms with Gasteiger partial charge in [-0.1, -0.05) is 0 Å². The van der Waals surface area contributed by atoms with Crippen molar-refractivity contribution in [1.29, 1.82) is 0 Å². The molecule has 0 unspecified atom stereocenters. The second-order valence-electron chi connectivity index (χ2n) is 7.53. The van der Waals surface area contributed by atoms with Crippen LogP contribution in [-0.2, 0) is 6.18 Å². The number of aliphatic hydroxyl groups is 1. The monoisotopic (exact) mass is 433 g/mol. The number of nitrogens with zero attached hydrogens (tertiary/aromatic N) is 4. The normalized spacial score (nSPS) is 17.7. The molecule has 4 rings (SSSR count). The standard InChI is InChI=1S/C21H22F3N5O2/c22-21(23,24)13-5-6-15(17(31)11-13)18-16-4-1-7-25-19(16)20(28-27-18)26-14-3-2-8-29(12-14)9-10-30/h1,4-7,11,14,30-31H,2-3,8-10,12H2,(H,26,28)/t14-/m1/s1. The quantitative estimate of drug-likeness (QED) is 0.569. The number of alkyl halides is 3. The van der Waals surface area contributed by atoms with E-state index in [1.165, 1.54) is 6.07 Å². The van der Waals surface area contributed by atoms with E-state index in [4.69, 9.17) is 0 Å². The summed E-state index contributed by atoms with van der Waals surface area (Å²) in [5.74, 6) is -0.0523. The lowest BCUT2D eigenvalue weighted by atomic mass is 10.0. The highest BCUT2D eigenvalue weighted by atomic mass is 19.4. The molecule has 2 aromatic heterocycles. The van der Waals surface area contributed by atoms with E-state index in [1.54, 1.807) is 18.3 Å². The fourth-order valence-electron chi connectivity index (χ4n) is 3.90. The van der Waals surface area contributed by atoms with Gasteiger partial charge in [0, 0.05) is 36.3 Å². The number of piperidine rings is 1. The lowest BCUT2D eigenvalue weighted by Gasteiger charge is -2.32. The first-order valence-electron chi connectivity index (χ1n) is 9.98. The van der Waals surface area contributed by atoms with Gasteiger partial charge >= 0.3 is 6.18 Å². The van der Waals surface area contributed by atoms with Crippen molar-refractivity contribution in [3.63, 3.8) is 0 Å². The molecule has 3 aromatic rings. The van der Waals surface area contributed by atoms with Crippen LogP contribution in [0.2, 0.25) is 0 Å². The zero-order valence-corrected chi connectivity index (χ0v) is 16.6. The van der Waals surface area contributed by atoms with Crippen LogP contribution >= 0.6 is 0 Å². The van der Waals surface area contributed by atoms with E-state index in [0.717, 1.165) is 32.0 Å². The summed E-state index contributed by atoms with van der Waals surface area (Å²) < 4.78 is 38.8. The molecule has 1 aromatic carbocycles. The highest BCUT2D eigenvalue weighted by Crippen LogP contribution is 2.38. The number of aliphatic hydroxyl groups excluding tert-OH is 1. The Morgan fingerprint density at radius 2 is 2.03 bits per heavy atom. The van der Waals surface area contributed by atoms with Crippen molar-refractivity contribution in [1.82, 2.24) is 20.1 Å². The first-order valence-corrected chi connectivity index (χ1v) is 9.98. The number of hydrogen-bond donors (Lipinski definition) is 3. The Morgan fingerprint density at radius 3 is 2.77 bits per heavy atom. The molecule has 10 heteroatoms. The van der Waals surface area contributed by atoms with Crippen LogP contribution in [0.3, 0.4) is 0 Å². The summed E-state index contributed by atoms with van der Waals surface area (Å²) in [5.41, 5.74) is -0.0134. The Kier molecular flexibility index (Phi) is 5.92. The lowest BCUT2D eigenvalue weighted by molar-refractivity contribution is -0.137. The minimum atomic E-state index is -4.55. The van der Waals surface area contributed by atoms with Crippen molar-refractivity contribution in [3.8, 4) is 17.0 Å². The number of rotatable bonds is 5. The van der Waals surface area contributed by atoms with Gasteiger partial charge in [0.1, 0.15) is 17.0 Å². The molecular formula is C21H22F3N5O2. The van der Waals surface area contributed by atoms with E-state index in [2.05, 4.69) is 25.4 Å². The Labute approximate surface area is 176 Å². The van der Waals surface area contributed by atoms with Gasteiger partial charge in [-0.15, -0.1) is 10.2 Å². The summed E-state index contributed by atoms with van der Waals surface area (Å²) in [7, 11) is 0.